The van der Waals surface area contributed by atoms with E-state index in [2.05, 4.69) is 19.9 Å². The first-order valence-corrected chi connectivity index (χ1v) is 9.54. The molecule has 4 heterocycles. The van der Waals surface area contributed by atoms with Crippen LogP contribution in [0.3, 0.4) is 0 Å². The number of nitrogens with zero attached hydrogens (tertiary/aromatic N) is 1. The molecule has 0 unspecified atom stereocenters. The second kappa shape index (κ2) is 6.67. The van der Waals surface area contributed by atoms with Crippen LogP contribution in [0.25, 0.3) is 32.7 Å². The average molecular weight is 384 g/mol. The molecule has 0 spiro atoms. The molecule has 0 fully saturated rings. The predicted molar refractivity (Wildman–Crippen MR) is 117 cm³/mol. The summed E-state index contributed by atoms with van der Waals surface area (Å²) >= 11 is 0. The van der Waals surface area contributed by atoms with Gasteiger partial charge in [0.1, 0.15) is 5.75 Å². The molecule has 144 valence electrons. The highest BCUT2D eigenvalue weighted by atomic mass is 16.3. The van der Waals surface area contributed by atoms with E-state index in [9.17, 15) is 9.90 Å². The average Bonchev–Trinajstić information content (AvgIpc) is 3.26. The summed E-state index contributed by atoms with van der Waals surface area (Å²) in [6.07, 6.45) is 4.75. The smallest absolute Gasteiger partial charge is 0.180 e. The van der Waals surface area contributed by atoms with Crippen molar-refractivity contribution in [1.82, 2.24) is 15.0 Å². The molecule has 0 aliphatic carbocycles. The lowest BCUT2D eigenvalue weighted by atomic mass is 10.0. The lowest BCUT2D eigenvalue weighted by molar-refractivity contribution is 0.476. The van der Waals surface area contributed by atoms with Gasteiger partial charge in [0.25, 0.3) is 0 Å². The van der Waals surface area contributed by atoms with Crippen molar-refractivity contribution in [1.29, 1.82) is 0 Å². The van der Waals surface area contributed by atoms with Gasteiger partial charge in [-0.3, -0.25) is 9.79 Å². The number of phenolic OH excluding ortho intramolecular Hbond substituents is 1. The first kappa shape index (κ1) is 17.3. The molecule has 0 bridgehead atoms. The van der Waals surface area contributed by atoms with Crippen molar-refractivity contribution < 1.29 is 5.11 Å². The maximum Gasteiger partial charge on any atom is 0.180 e. The molecule has 2 aromatic carbocycles. The van der Waals surface area contributed by atoms with Crippen LogP contribution >= 0.6 is 0 Å². The van der Waals surface area contributed by atoms with Gasteiger partial charge in [-0.2, -0.15) is 0 Å². The Morgan fingerprint density at radius 1 is 0.931 bits per heavy atom. The third kappa shape index (κ3) is 2.99. The molecule has 29 heavy (non-hydrogen) atoms. The normalized spacial score (nSPS) is 13.2. The quantitative estimate of drug-likeness (QED) is 0.321. The molecule has 0 saturated heterocycles. The Morgan fingerprint density at radius 3 is 2.62 bits per heavy atom. The molecule has 6 heteroatoms. The van der Waals surface area contributed by atoms with Crippen LogP contribution < -0.4 is 5.43 Å². The molecule has 0 radical (unpaired) electrons. The van der Waals surface area contributed by atoms with Crippen molar-refractivity contribution in [2.45, 2.75) is 13.3 Å². The zero-order valence-electron chi connectivity index (χ0n) is 15.9. The third-order valence-corrected chi connectivity index (χ3v) is 5.38. The number of phenols is 1. The lowest BCUT2D eigenvalue weighted by Gasteiger charge is -2.08. The fourth-order valence-electron chi connectivity index (χ4n) is 4.00. The molecular weight excluding hydrogens is 364 g/mol. The summed E-state index contributed by atoms with van der Waals surface area (Å²) < 4.78 is 0. The Kier molecular flexibility index (Phi) is 3.98. The van der Waals surface area contributed by atoms with E-state index in [1.54, 1.807) is 24.3 Å². The van der Waals surface area contributed by atoms with E-state index >= 15 is 0 Å². The van der Waals surface area contributed by atoms with Gasteiger partial charge in [-0.1, -0.05) is 0 Å². The molecule has 0 atom stereocenters. The van der Waals surface area contributed by atoms with Crippen molar-refractivity contribution >= 4 is 38.4 Å². The van der Waals surface area contributed by atoms with Gasteiger partial charge in [0.2, 0.25) is 0 Å². The second-order valence-electron chi connectivity index (χ2n) is 7.23. The summed E-state index contributed by atoms with van der Waals surface area (Å²) in [7, 11) is 0. The minimum atomic E-state index is 0.0352. The fraction of sp³-hybridized carbons (Fsp3) is 0.130. The van der Waals surface area contributed by atoms with Crippen LogP contribution in [0.2, 0.25) is 0 Å². The van der Waals surface area contributed by atoms with Gasteiger partial charge in [-0.25, -0.2) is 0 Å². The number of rotatable bonds is 0. The summed E-state index contributed by atoms with van der Waals surface area (Å²) in [4.78, 5) is 25.0. The number of hydrogen-bond acceptors (Lipinski definition) is 3. The van der Waals surface area contributed by atoms with Crippen LogP contribution in [-0.4, -0.2) is 32.3 Å². The van der Waals surface area contributed by atoms with Crippen LogP contribution in [0.15, 0.2) is 64.6 Å². The number of H-pyrrole nitrogens is 3. The Bertz CT molecular complexity index is 1450. The first-order chi connectivity index (χ1) is 14.1. The van der Waals surface area contributed by atoms with Gasteiger partial charge in [0.05, 0.1) is 22.4 Å². The Hall–Kier alpha value is -3.80. The van der Waals surface area contributed by atoms with Crippen molar-refractivity contribution in [3.63, 3.8) is 0 Å². The minimum absolute atomic E-state index is 0.0352. The molecule has 3 aromatic heterocycles. The Morgan fingerprint density at radius 2 is 1.72 bits per heavy atom. The predicted octanol–water partition coefficient (Wildman–Crippen LogP) is 4.25. The first-order valence-electron chi connectivity index (χ1n) is 9.54. The summed E-state index contributed by atoms with van der Waals surface area (Å²) in [5.41, 5.74) is 6.47. The number of fused-ring (bicyclic) bond motifs is 6. The minimum Gasteiger partial charge on any atom is -0.508 e. The maximum absolute atomic E-state index is 11.1. The standard InChI is InChI=1S/C12H12N2O.C11H8N2O/c1-7-12-10(4-5-13-7)9-3-2-8(15)6-11(9)14-12;14-7-1-2-8-9-3-4-12-6-11(9)13-10(8)5-7/h2-3,6,14-15H,4-5H2,1H3;1-6,12-13H. The number of hydrogen-bond donors (Lipinski definition) is 4. The van der Waals surface area contributed by atoms with Gasteiger partial charge in [0, 0.05) is 52.7 Å². The topological polar surface area (TPSA) is 97.0 Å². The highest BCUT2D eigenvalue weighted by Crippen LogP contribution is 2.28. The van der Waals surface area contributed by atoms with Crippen molar-refractivity contribution in [3.05, 3.63) is 76.3 Å². The maximum atomic E-state index is 11.1. The molecular formula is C23H20N4O2. The summed E-state index contributed by atoms with van der Waals surface area (Å²) in [6.45, 7) is 2.89. The van der Waals surface area contributed by atoms with Crippen molar-refractivity contribution in [3.8, 4) is 5.75 Å². The highest BCUT2D eigenvalue weighted by Gasteiger charge is 2.16. The van der Waals surface area contributed by atoms with E-state index < -0.39 is 0 Å². The molecule has 6 rings (SSSR count). The number of aromatic amines is 3. The van der Waals surface area contributed by atoms with Crippen LogP contribution in [-0.2, 0) is 6.42 Å². The lowest BCUT2D eigenvalue weighted by Crippen LogP contribution is -2.08. The van der Waals surface area contributed by atoms with Crippen LogP contribution in [0.5, 0.6) is 5.75 Å². The van der Waals surface area contributed by atoms with E-state index in [1.165, 1.54) is 10.9 Å². The molecule has 4 N–H and O–H groups in total. The molecule has 1 aliphatic heterocycles. The molecule has 6 nitrogen and oxygen atoms in total. The van der Waals surface area contributed by atoms with Gasteiger partial charge in [-0.15, -0.1) is 0 Å². The van der Waals surface area contributed by atoms with E-state index in [0.29, 0.717) is 5.75 Å². The third-order valence-electron chi connectivity index (χ3n) is 5.38. The Labute approximate surface area is 165 Å². The van der Waals surface area contributed by atoms with Crippen LogP contribution in [0.4, 0.5) is 0 Å². The number of benzene rings is 2. The van der Waals surface area contributed by atoms with Gasteiger partial charge >= 0.3 is 0 Å². The summed E-state index contributed by atoms with van der Waals surface area (Å²) in [5.74, 6) is 0.302. The van der Waals surface area contributed by atoms with Crippen LogP contribution in [0, 0.1) is 0 Å². The second-order valence-corrected chi connectivity index (χ2v) is 7.23. The number of aromatic hydroxyl groups is 1. The van der Waals surface area contributed by atoms with Crippen LogP contribution in [0.1, 0.15) is 18.2 Å². The molecule has 5 aromatic rings. The SMILES string of the molecule is CC1=NCCc2c1[nH]c1cc(O)ccc21.O=c1ccc2c(c1)[nH]c1c[nH]ccc12. The van der Waals surface area contributed by atoms with Gasteiger partial charge in [0.15, 0.2) is 5.43 Å². The summed E-state index contributed by atoms with van der Waals surface area (Å²) in [5, 5.41) is 12.8. The number of aliphatic imine (C=N–C) groups is 1. The summed E-state index contributed by atoms with van der Waals surface area (Å²) in [6, 6.07) is 12.5. The van der Waals surface area contributed by atoms with E-state index in [4.69, 9.17) is 0 Å². The Balaban J connectivity index is 0.000000125. The number of pyridine rings is 1. The zero-order valence-corrected chi connectivity index (χ0v) is 15.9. The molecule has 0 amide bonds. The van der Waals surface area contributed by atoms with Gasteiger partial charge in [-0.05, 0) is 49.2 Å². The van der Waals surface area contributed by atoms with Crippen molar-refractivity contribution in [2.75, 3.05) is 6.54 Å². The van der Waals surface area contributed by atoms with E-state index in [0.717, 1.165) is 51.7 Å². The molecule has 0 saturated carbocycles. The zero-order chi connectivity index (χ0) is 20.0. The number of nitrogens with one attached hydrogen (secondary N) is 3. The van der Waals surface area contributed by atoms with E-state index in [-0.39, 0.29) is 5.43 Å². The molecule has 1 aliphatic rings. The highest BCUT2D eigenvalue weighted by molar-refractivity contribution is 6.06. The van der Waals surface area contributed by atoms with Gasteiger partial charge < -0.3 is 20.1 Å². The number of aromatic nitrogens is 3. The monoisotopic (exact) mass is 384 g/mol. The largest absolute Gasteiger partial charge is 0.508 e. The van der Waals surface area contributed by atoms with Crippen molar-refractivity contribution in [2.24, 2.45) is 4.99 Å². The fourth-order valence-corrected chi connectivity index (χ4v) is 4.00. The van der Waals surface area contributed by atoms with E-state index in [1.807, 2.05) is 37.5 Å².